The molecule has 0 radical (unpaired) electrons. The summed E-state index contributed by atoms with van der Waals surface area (Å²) < 4.78 is 15.5. The molecule has 16 heavy (non-hydrogen) atoms. The molecule has 86 valence electrons. The Morgan fingerprint density at radius 3 is 1.94 bits per heavy atom. The summed E-state index contributed by atoms with van der Waals surface area (Å²) in [5.41, 5.74) is 0.807. The summed E-state index contributed by atoms with van der Waals surface area (Å²) in [4.78, 5) is 10.2. The van der Waals surface area contributed by atoms with Gasteiger partial charge in [0.2, 0.25) is 5.75 Å². The summed E-state index contributed by atoms with van der Waals surface area (Å²) in [6, 6.07) is 3.53. The van der Waals surface area contributed by atoms with Crippen molar-refractivity contribution in [1.82, 2.24) is 0 Å². The first-order chi connectivity index (χ1) is 7.76. The molecule has 0 N–H and O–H groups in total. The topological polar surface area (TPSA) is 44.8 Å². The van der Waals surface area contributed by atoms with Crippen molar-refractivity contribution < 1.29 is 19.0 Å². The monoisotopic (exact) mass is 222 g/mol. The highest BCUT2D eigenvalue weighted by Gasteiger charge is 2.11. The van der Waals surface area contributed by atoms with Crippen LogP contribution in [0.4, 0.5) is 0 Å². The lowest BCUT2D eigenvalue weighted by atomic mass is 10.1. The molecule has 0 fully saturated rings. The Morgan fingerprint density at radius 2 is 1.56 bits per heavy atom. The highest BCUT2D eigenvalue weighted by atomic mass is 16.5. The molecule has 0 aromatic heterocycles. The van der Waals surface area contributed by atoms with Gasteiger partial charge >= 0.3 is 0 Å². The molecular weight excluding hydrogens is 208 g/mol. The molecule has 1 aromatic carbocycles. The Balaban J connectivity index is 3.25. The number of ether oxygens (including phenoxy) is 3. The fourth-order valence-electron chi connectivity index (χ4n) is 1.35. The number of rotatable bonds is 5. The number of hydrogen-bond donors (Lipinski definition) is 0. The number of hydrogen-bond acceptors (Lipinski definition) is 4. The van der Waals surface area contributed by atoms with E-state index in [1.54, 1.807) is 39.5 Å². The Morgan fingerprint density at radius 1 is 1.00 bits per heavy atom. The van der Waals surface area contributed by atoms with Crippen molar-refractivity contribution in [2.24, 2.45) is 0 Å². The highest BCUT2D eigenvalue weighted by Crippen LogP contribution is 2.38. The smallest absolute Gasteiger partial charge is 0.203 e. The molecule has 0 saturated heterocycles. The summed E-state index contributed by atoms with van der Waals surface area (Å²) in [6.45, 7) is 0. The molecule has 0 aliphatic carbocycles. The van der Waals surface area contributed by atoms with E-state index in [0.717, 1.165) is 5.56 Å². The van der Waals surface area contributed by atoms with E-state index in [1.165, 1.54) is 6.08 Å². The number of carbonyl (C=O) groups is 1. The van der Waals surface area contributed by atoms with Gasteiger partial charge in [0.25, 0.3) is 0 Å². The van der Waals surface area contributed by atoms with Crippen LogP contribution in [0.2, 0.25) is 0 Å². The van der Waals surface area contributed by atoms with E-state index in [4.69, 9.17) is 14.2 Å². The molecular formula is C12H14O4. The van der Waals surface area contributed by atoms with E-state index in [-0.39, 0.29) is 0 Å². The lowest BCUT2D eigenvalue weighted by molar-refractivity contribution is -0.104. The highest BCUT2D eigenvalue weighted by molar-refractivity contribution is 5.75. The molecule has 0 saturated carbocycles. The zero-order chi connectivity index (χ0) is 12.0. The normalized spacial score (nSPS) is 10.2. The number of aldehydes is 1. The maximum absolute atomic E-state index is 10.2. The van der Waals surface area contributed by atoms with Gasteiger partial charge in [-0.2, -0.15) is 0 Å². The van der Waals surface area contributed by atoms with Gasteiger partial charge in [-0.3, -0.25) is 4.79 Å². The second-order valence-electron chi connectivity index (χ2n) is 2.95. The third-order valence-electron chi connectivity index (χ3n) is 2.05. The van der Waals surface area contributed by atoms with Crippen LogP contribution in [0.1, 0.15) is 5.56 Å². The third-order valence-corrected chi connectivity index (χ3v) is 2.05. The molecule has 4 heteroatoms. The van der Waals surface area contributed by atoms with Crippen LogP contribution >= 0.6 is 0 Å². The molecule has 0 amide bonds. The van der Waals surface area contributed by atoms with Gasteiger partial charge in [0, 0.05) is 0 Å². The Labute approximate surface area is 94.4 Å². The van der Waals surface area contributed by atoms with Crippen LogP contribution in [0.3, 0.4) is 0 Å². The van der Waals surface area contributed by atoms with Crippen LogP contribution in [0, 0.1) is 0 Å². The lowest BCUT2D eigenvalue weighted by Gasteiger charge is -2.12. The second-order valence-corrected chi connectivity index (χ2v) is 2.95. The van der Waals surface area contributed by atoms with Crippen molar-refractivity contribution in [2.75, 3.05) is 21.3 Å². The maximum Gasteiger partial charge on any atom is 0.203 e. The van der Waals surface area contributed by atoms with Crippen LogP contribution in [-0.4, -0.2) is 27.6 Å². The number of allylic oxidation sites excluding steroid dienone is 1. The summed E-state index contributed by atoms with van der Waals surface area (Å²) in [5.74, 6) is 1.66. The Kier molecular flexibility index (Phi) is 4.39. The van der Waals surface area contributed by atoms with Crippen LogP contribution in [0.15, 0.2) is 18.2 Å². The van der Waals surface area contributed by atoms with Gasteiger partial charge < -0.3 is 14.2 Å². The molecule has 0 unspecified atom stereocenters. The van der Waals surface area contributed by atoms with Gasteiger partial charge in [-0.05, 0) is 23.8 Å². The van der Waals surface area contributed by atoms with Crippen molar-refractivity contribution >= 4 is 12.4 Å². The van der Waals surface area contributed by atoms with Gasteiger partial charge in [0.1, 0.15) is 6.29 Å². The van der Waals surface area contributed by atoms with E-state index in [2.05, 4.69) is 0 Å². The van der Waals surface area contributed by atoms with E-state index in [0.29, 0.717) is 23.5 Å². The van der Waals surface area contributed by atoms with Gasteiger partial charge in [-0.15, -0.1) is 0 Å². The summed E-state index contributed by atoms with van der Waals surface area (Å²) in [6.07, 6.45) is 3.78. The standard InChI is InChI=1S/C12H14O4/c1-14-10-7-9(5-4-6-13)8-11(15-2)12(10)16-3/h4-8H,1-3H3/b5-4+. The van der Waals surface area contributed by atoms with Gasteiger partial charge in [0.05, 0.1) is 21.3 Å². The minimum Gasteiger partial charge on any atom is -0.493 e. The van der Waals surface area contributed by atoms with Crippen molar-refractivity contribution in [1.29, 1.82) is 0 Å². The maximum atomic E-state index is 10.2. The Hall–Kier alpha value is -1.97. The minimum absolute atomic E-state index is 0.535. The van der Waals surface area contributed by atoms with E-state index in [1.807, 2.05) is 0 Å². The molecule has 1 rings (SSSR count). The van der Waals surface area contributed by atoms with Crippen LogP contribution in [0.25, 0.3) is 6.08 Å². The first kappa shape index (κ1) is 12.1. The zero-order valence-electron chi connectivity index (χ0n) is 9.52. The summed E-state index contributed by atoms with van der Waals surface area (Å²) in [7, 11) is 4.64. The largest absolute Gasteiger partial charge is 0.493 e. The predicted molar refractivity (Wildman–Crippen MR) is 61.2 cm³/mol. The average Bonchev–Trinajstić information content (AvgIpc) is 2.34. The molecule has 0 heterocycles. The quantitative estimate of drug-likeness (QED) is 0.564. The minimum atomic E-state index is 0.535. The fraction of sp³-hybridized carbons (Fsp3) is 0.250. The van der Waals surface area contributed by atoms with Crippen molar-refractivity contribution in [2.45, 2.75) is 0 Å². The van der Waals surface area contributed by atoms with Crippen LogP contribution < -0.4 is 14.2 Å². The SMILES string of the molecule is COc1cc(/C=C/C=O)cc(OC)c1OC. The van der Waals surface area contributed by atoms with Gasteiger partial charge in [-0.25, -0.2) is 0 Å². The first-order valence-corrected chi connectivity index (χ1v) is 4.68. The molecule has 0 atom stereocenters. The molecule has 0 aliphatic heterocycles. The summed E-state index contributed by atoms with van der Waals surface area (Å²) in [5, 5.41) is 0. The molecule has 0 bridgehead atoms. The fourth-order valence-corrected chi connectivity index (χ4v) is 1.35. The molecule has 4 nitrogen and oxygen atoms in total. The number of methoxy groups -OCH3 is 3. The molecule has 0 aliphatic rings. The molecule has 1 aromatic rings. The lowest BCUT2D eigenvalue weighted by Crippen LogP contribution is -1.95. The predicted octanol–water partition coefficient (Wildman–Crippen LogP) is 1.92. The van der Waals surface area contributed by atoms with E-state index in [9.17, 15) is 4.79 Å². The van der Waals surface area contributed by atoms with Crippen LogP contribution in [0.5, 0.6) is 17.2 Å². The van der Waals surface area contributed by atoms with E-state index < -0.39 is 0 Å². The Bertz CT molecular complexity index is 371. The molecule has 0 spiro atoms. The van der Waals surface area contributed by atoms with Crippen molar-refractivity contribution in [3.05, 3.63) is 23.8 Å². The van der Waals surface area contributed by atoms with Crippen molar-refractivity contribution in [3.63, 3.8) is 0 Å². The van der Waals surface area contributed by atoms with Gasteiger partial charge in [-0.1, -0.05) is 6.08 Å². The van der Waals surface area contributed by atoms with Crippen molar-refractivity contribution in [3.8, 4) is 17.2 Å². The van der Waals surface area contributed by atoms with Gasteiger partial charge in [0.15, 0.2) is 11.5 Å². The zero-order valence-corrected chi connectivity index (χ0v) is 9.52. The van der Waals surface area contributed by atoms with E-state index >= 15 is 0 Å². The summed E-state index contributed by atoms with van der Waals surface area (Å²) >= 11 is 0. The van der Waals surface area contributed by atoms with Crippen LogP contribution in [-0.2, 0) is 4.79 Å². The second kappa shape index (κ2) is 5.80. The average molecular weight is 222 g/mol. The third kappa shape index (κ3) is 2.53. The number of carbonyl (C=O) groups excluding carboxylic acids is 1. The number of benzene rings is 1. The first-order valence-electron chi connectivity index (χ1n) is 4.68.